The molecule has 1 unspecified atom stereocenters. The molecule has 0 heterocycles. The Labute approximate surface area is 119 Å². The van der Waals surface area contributed by atoms with Gasteiger partial charge >= 0.3 is 0 Å². The molecule has 0 saturated heterocycles. The molecular weight excluding hydrogens is 262 g/mol. The van der Waals surface area contributed by atoms with Gasteiger partial charge < -0.3 is 29.4 Å². The molecule has 0 aliphatic rings. The maximum absolute atomic E-state index is 9.77. The second kappa shape index (κ2) is 9.41. The Kier molecular flexibility index (Phi) is 7.79. The summed E-state index contributed by atoms with van der Waals surface area (Å²) >= 11 is 0. The van der Waals surface area contributed by atoms with E-state index < -0.39 is 6.10 Å². The van der Waals surface area contributed by atoms with Gasteiger partial charge in [0.25, 0.3) is 0 Å². The molecule has 0 fully saturated rings. The summed E-state index contributed by atoms with van der Waals surface area (Å²) < 4.78 is 20.7. The van der Waals surface area contributed by atoms with Crippen LogP contribution in [-0.2, 0) is 4.74 Å². The fourth-order valence-corrected chi connectivity index (χ4v) is 1.56. The van der Waals surface area contributed by atoms with Crippen LogP contribution in [0.3, 0.4) is 0 Å². The topological polar surface area (TPSA) is 69.2 Å². The molecule has 1 aromatic rings. The summed E-state index contributed by atoms with van der Waals surface area (Å²) in [7, 11) is 4.79. The number of nitrogens with one attached hydrogen (secondary N) is 1. The van der Waals surface area contributed by atoms with Gasteiger partial charge in [0, 0.05) is 38.4 Å². The molecule has 0 aromatic heterocycles. The van der Waals surface area contributed by atoms with Crippen molar-refractivity contribution in [3.8, 4) is 17.2 Å². The second-order valence-electron chi connectivity index (χ2n) is 4.21. The number of ether oxygens (including phenoxy) is 4. The van der Waals surface area contributed by atoms with Crippen molar-refractivity contribution in [1.82, 2.24) is 5.32 Å². The summed E-state index contributed by atoms with van der Waals surface area (Å²) in [5, 5.41) is 12.8. The van der Waals surface area contributed by atoms with Crippen molar-refractivity contribution in [3.05, 3.63) is 18.2 Å². The largest absolute Gasteiger partial charge is 0.496 e. The minimum atomic E-state index is -0.593. The molecule has 0 spiro atoms. The SMILES string of the molecule is COCCNCC(O)COc1cc(OC)cc(OC)c1. The van der Waals surface area contributed by atoms with E-state index in [0.29, 0.717) is 36.9 Å². The maximum Gasteiger partial charge on any atom is 0.126 e. The smallest absolute Gasteiger partial charge is 0.126 e. The monoisotopic (exact) mass is 285 g/mol. The van der Waals surface area contributed by atoms with Crippen LogP contribution in [-0.4, -0.2) is 58.8 Å². The van der Waals surface area contributed by atoms with Crippen molar-refractivity contribution in [2.24, 2.45) is 0 Å². The molecule has 0 aliphatic carbocycles. The molecular formula is C14H23NO5. The highest BCUT2D eigenvalue weighted by Gasteiger charge is 2.07. The summed E-state index contributed by atoms with van der Waals surface area (Å²) in [5.74, 6) is 1.89. The van der Waals surface area contributed by atoms with Crippen LogP contribution in [0.2, 0.25) is 0 Å². The zero-order chi connectivity index (χ0) is 14.8. The molecule has 2 N–H and O–H groups in total. The summed E-state index contributed by atoms with van der Waals surface area (Å²) in [4.78, 5) is 0. The summed E-state index contributed by atoms with van der Waals surface area (Å²) in [5.41, 5.74) is 0. The van der Waals surface area contributed by atoms with E-state index in [4.69, 9.17) is 18.9 Å². The zero-order valence-corrected chi connectivity index (χ0v) is 12.2. The molecule has 0 saturated carbocycles. The number of aliphatic hydroxyl groups is 1. The van der Waals surface area contributed by atoms with Gasteiger partial charge in [-0.2, -0.15) is 0 Å². The highest BCUT2D eigenvalue weighted by atomic mass is 16.5. The van der Waals surface area contributed by atoms with Gasteiger partial charge in [0.15, 0.2) is 0 Å². The minimum Gasteiger partial charge on any atom is -0.496 e. The lowest BCUT2D eigenvalue weighted by molar-refractivity contribution is 0.103. The first kappa shape index (κ1) is 16.6. The van der Waals surface area contributed by atoms with Crippen molar-refractivity contribution >= 4 is 0 Å². The van der Waals surface area contributed by atoms with Crippen molar-refractivity contribution < 1.29 is 24.1 Å². The highest BCUT2D eigenvalue weighted by molar-refractivity contribution is 5.41. The summed E-state index contributed by atoms with van der Waals surface area (Å²) in [6, 6.07) is 5.25. The fourth-order valence-electron chi connectivity index (χ4n) is 1.56. The second-order valence-corrected chi connectivity index (χ2v) is 4.21. The predicted octanol–water partition coefficient (Wildman–Crippen LogP) is 0.679. The Morgan fingerprint density at radius 2 is 1.65 bits per heavy atom. The van der Waals surface area contributed by atoms with E-state index in [1.807, 2.05) is 0 Å². The maximum atomic E-state index is 9.77. The van der Waals surface area contributed by atoms with Crippen molar-refractivity contribution in [2.75, 3.05) is 47.6 Å². The first-order valence-corrected chi connectivity index (χ1v) is 6.43. The van der Waals surface area contributed by atoms with Crippen molar-refractivity contribution in [3.63, 3.8) is 0 Å². The van der Waals surface area contributed by atoms with E-state index >= 15 is 0 Å². The Hall–Kier alpha value is -1.50. The third-order valence-corrected chi connectivity index (χ3v) is 2.63. The normalized spacial score (nSPS) is 12.0. The Morgan fingerprint density at radius 3 is 2.20 bits per heavy atom. The lowest BCUT2D eigenvalue weighted by Crippen LogP contribution is -2.33. The number of hydrogen-bond acceptors (Lipinski definition) is 6. The molecule has 20 heavy (non-hydrogen) atoms. The molecule has 0 bridgehead atoms. The zero-order valence-electron chi connectivity index (χ0n) is 12.2. The fraction of sp³-hybridized carbons (Fsp3) is 0.571. The van der Waals surface area contributed by atoms with Gasteiger partial charge in [-0.25, -0.2) is 0 Å². The van der Waals surface area contributed by atoms with Gasteiger partial charge in [-0.15, -0.1) is 0 Å². The van der Waals surface area contributed by atoms with Crippen molar-refractivity contribution in [2.45, 2.75) is 6.10 Å². The molecule has 0 aliphatic heterocycles. The van der Waals surface area contributed by atoms with Gasteiger partial charge in [-0.1, -0.05) is 0 Å². The molecule has 0 radical (unpaired) electrons. The molecule has 1 atom stereocenters. The first-order valence-electron chi connectivity index (χ1n) is 6.43. The molecule has 6 heteroatoms. The van der Waals surface area contributed by atoms with Crippen LogP contribution in [0.4, 0.5) is 0 Å². The van der Waals surface area contributed by atoms with Gasteiger partial charge in [0.2, 0.25) is 0 Å². The average Bonchev–Trinajstić information content (AvgIpc) is 2.49. The lowest BCUT2D eigenvalue weighted by Gasteiger charge is -2.14. The number of methoxy groups -OCH3 is 3. The van der Waals surface area contributed by atoms with E-state index in [0.717, 1.165) is 0 Å². The van der Waals surface area contributed by atoms with Crippen LogP contribution >= 0.6 is 0 Å². The van der Waals surface area contributed by atoms with Gasteiger partial charge in [-0.3, -0.25) is 0 Å². The average molecular weight is 285 g/mol. The van der Waals surface area contributed by atoms with Crippen LogP contribution in [0.1, 0.15) is 0 Å². The van der Waals surface area contributed by atoms with E-state index in [1.54, 1.807) is 39.5 Å². The number of aliphatic hydroxyl groups excluding tert-OH is 1. The summed E-state index contributed by atoms with van der Waals surface area (Å²) in [6.07, 6.45) is -0.593. The first-order chi connectivity index (χ1) is 9.69. The molecule has 6 nitrogen and oxygen atoms in total. The summed E-state index contributed by atoms with van der Waals surface area (Å²) in [6.45, 7) is 1.95. The predicted molar refractivity (Wildman–Crippen MR) is 75.8 cm³/mol. The number of benzene rings is 1. The molecule has 1 aromatic carbocycles. The van der Waals surface area contributed by atoms with E-state index in [1.165, 1.54) is 0 Å². The molecule has 1 rings (SSSR count). The van der Waals surface area contributed by atoms with E-state index in [9.17, 15) is 5.11 Å². The van der Waals surface area contributed by atoms with Crippen LogP contribution in [0.15, 0.2) is 18.2 Å². The van der Waals surface area contributed by atoms with E-state index in [2.05, 4.69) is 5.32 Å². The van der Waals surface area contributed by atoms with Crippen molar-refractivity contribution in [1.29, 1.82) is 0 Å². The molecule has 0 amide bonds. The van der Waals surface area contributed by atoms with Crippen LogP contribution < -0.4 is 19.5 Å². The molecule has 114 valence electrons. The standard InChI is InChI=1S/C14H23NO5/c1-17-5-4-15-9-11(16)10-20-14-7-12(18-2)6-13(8-14)19-3/h6-8,11,15-16H,4-5,9-10H2,1-3H3. The van der Waals surface area contributed by atoms with Crippen LogP contribution in [0.5, 0.6) is 17.2 Å². The van der Waals surface area contributed by atoms with Crippen LogP contribution in [0, 0.1) is 0 Å². The highest BCUT2D eigenvalue weighted by Crippen LogP contribution is 2.27. The Bertz CT molecular complexity index is 364. The number of rotatable bonds is 10. The lowest BCUT2D eigenvalue weighted by atomic mass is 10.3. The minimum absolute atomic E-state index is 0.191. The third-order valence-electron chi connectivity index (χ3n) is 2.63. The number of hydrogen-bond donors (Lipinski definition) is 2. The quantitative estimate of drug-likeness (QED) is 0.616. The van der Waals surface area contributed by atoms with Gasteiger partial charge in [0.1, 0.15) is 30.0 Å². The Balaban J connectivity index is 2.40. The van der Waals surface area contributed by atoms with Gasteiger partial charge in [0.05, 0.1) is 20.8 Å². The van der Waals surface area contributed by atoms with E-state index in [-0.39, 0.29) is 6.61 Å². The third kappa shape index (κ3) is 6.10. The Morgan fingerprint density at radius 1 is 1.05 bits per heavy atom. The van der Waals surface area contributed by atoms with Crippen LogP contribution in [0.25, 0.3) is 0 Å². The van der Waals surface area contributed by atoms with Gasteiger partial charge in [-0.05, 0) is 0 Å².